The van der Waals surface area contributed by atoms with Gasteiger partial charge in [-0.05, 0) is 25.7 Å². The van der Waals surface area contributed by atoms with Crippen molar-refractivity contribution in [2.75, 3.05) is 13.1 Å². The third-order valence-corrected chi connectivity index (χ3v) is 5.08. The number of carbonyl (C=O) groups excluding carboxylic acids is 1. The van der Waals surface area contributed by atoms with Gasteiger partial charge in [-0.1, -0.05) is 19.0 Å². The highest BCUT2D eigenvalue weighted by Gasteiger charge is 2.29. The van der Waals surface area contributed by atoms with E-state index in [-0.39, 0.29) is 11.8 Å². The first-order chi connectivity index (χ1) is 11.0. The molecule has 1 unspecified atom stereocenters. The predicted molar refractivity (Wildman–Crippen MR) is 87.6 cm³/mol. The Balaban J connectivity index is 1.68. The maximum absolute atomic E-state index is 12.5. The smallest absolute Gasteiger partial charge is 0.276 e. The third kappa shape index (κ3) is 3.77. The van der Waals surface area contributed by atoms with Gasteiger partial charge in [0.1, 0.15) is 15.8 Å². The van der Waals surface area contributed by atoms with Crippen LogP contribution >= 0.6 is 11.3 Å². The first kappa shape index (κ1) is 16.1. The van der Waals surface area contributed by atoms with Gasteiger partial charge in [-0.2, -0.15) is 0 Å². The second-order valence-corrected chi connectivity index (χ2v) is 7.64. The Hall–Kier alpha value is -1.76. The summed E-state index contributed by atoms with van der Waals surface area (Å²) in [7, 11) is 0. The molecule has 2 aromatic heterocycles. The lowest BCUT2D eigenvalue weighted by Crippen LogP contribution is -2.39. The fourth-order valence-corrected chi connectivity index (χ4v) is 4.04. The highest BCUT2D eigenvalue weighted by molar-refractivity contribution is 7.11. The van der Waals surface area contributed by atoms with Crippen molar-refractivity contribution in [3.05, 3.63) is 27.5 Å². The molecule has 2 aromatic rings. The summed E-state index contributed by atoms with van der Waals surface area (Å²) in [4.78, 5) is 14.4. The minimum atomic E-state index is -0.0570. The van der Waals surface area contributed by atoms with Crippen molar-refractivity contribution < 1.29 is 9.32 Å². The quantitative estimate of drug-likeness (QED) is 0.859. The molecule has 0 N–H and O–H groups in total. The highest BCUT2D eigenvalue weighted by atomic mass is 32.1. The molecule has 23 heavy (non-hydrogen) atoms. The van der Waals surface area contributed by atoms with E-state index < -0.39 is 0 Å². The second-order valence-electron chi connectivity index (χ2n) is 6.55. The first-order valence-corrected chi connectivity index (χ1v) is 8.89. The Kier molecular flexibility index (Phi) is 4.75. The highest BCUT2D eigenvalue weighted by Crippen LogP contribution is 2.30. The van der Waals surface area contributed by atoms with Gasteiger partial charge in [0.2, 0.25) is 0 Å². The molecule has 1 aliphatic rings. The van der Waals surface area contributed by atoms with Gasteiger partial charge in [-0.3, -0.25) is 4.79 Å². The van der Waals surface area contributed by atoms with Crippen LogP contribution in [0.25, 0.3) is 0 Å². The van der Waals surface area contributed by atoms with Gasteiger partial charge in [0.15, 0.2) is 5.69 Å². The van der Waals surface area contributed by atoms with Gasteiger partial charge in [0, 0.05) is 31.5 Å². The number of hydrogen-bond donors (Lipinski definition) is 0. The number of piperidine rings is 1. The monoisotopic (exact) mass is 334 g/mol. The molecule has 124 valence electrons. The summed E-state index contributed by atoms with van der Waals surface area (Å²) in [6.07, 6.45) is 3.00. The van der Waals surface area contributed by atoms with Crippen molar-refractivity contribution in [2.45, 2.75) is 46.0 Å². The lowest BCUT2D eigenvalue weighted by atomic mass is 9.98. The summed E-state index contributed by atoms with van der Waals surface area (Å²) in [5.41, 5.74) is 0.390. The zero-order valence-electron chi connectivity index (χ0n) is 13.8. The molecule has 1 aliphatic heterocycles. The fourth-order valence-electron chi connectivity index (χ4n) is 2.86. The van der Waals surface area contributed by atoms with Crippen molar-refractivity contribution in [3.8, 4) is 0 Å². The number of carbonyl (C=O) groups is 1. The van der Waals surface area contributed by atoms with E-state index in [9.17, 15) is 4.79 Å². The van der Waals surface area contributed by atoms with Gasteiger partial charge in [0.05, 0.1) is 0 Å². The minimum absolute atomic E-state index is 0.0570. The van der Waals surface area contributed by atoms with Crippen molar-refractivity contribution in [2.24, 2.45) is 5.92 Å². The summed E-state index contributed by atoms with van der Waals surface area (Å²) in [5.74, 6) is 1.46. The maximum Gasteiger partial charge on any atom is 0.276 e. The Bertz CT molecular complexity index is 679. The molecule has 6 nitrogen and oxygen atoms in total. The maximum atomic E-state index is 12.5. The molecule has 7 heteroatoms. The number of likely N-dealkylation sites (tertiary alicyclic amines) is 1. The van der Waals surface area contributed by atoms with Crippen LogP contribution in [-0.4, -0.2) is 39.3 Å². The van der Waals surface area contributed by atoms with Crippen molar-refractivity contribution in [1.82, 2.24) is 20.3 Å². The Morgan fingerprint density at radius 1 is 1.48 bits per heavy atom. The third-order valence-electron chi connectivity index (χ3n) is 3.97. The van der Waals surface area contributed by atoms with E-state index >= 15 is 0 Å². The minimum Gasteiger partial charge on any atom is -0.361 e. The topological polar surface area (TPSA) is 72.1 Å². The number of aryl methyl sites for hydroxylation is 1. The van der Waals surface area contributed by atoms with Crippen LogP contribution in [0.2, 0.25) is 0 Å². The second kappa shape index (κ2) is 6.78. The number of aromatic nitrogens is 3. The summed E-state index contributed by atoms with van der Waals surface area (Å²) in [6, 6.07) is 1.69. The molecule has 0 spiro atoms. The van der Waals surface area contributed by atoms with Crippen LogP contribution in [0.3, 0.4) is 0 Å². The largest absolute Gasteiger partial charge is 0.361 e. The molecule has 0 radical (unpaired) electrons. The Morgan fingerprint density at radius 2 is 2.30 bits per heavy atom. The Labute approximate surface area is 139 Å². The zero-order valence-corrected chi connectivity index (χ0v) is 14.6. The number of nitrogens with zero attached hydrogens (tertiary/aromatic N) is 4. The zero-order chi connectivity index (χ0) is 16.4. The number of rotatable bonds is 4. The molecule has 3 heterocycles. The molecular formula is C16H22N4O2S. The molecule has 1 amide bonds. The van der Waals surface area contributed by atoms with E-state index in [1.54, 1.807) is 24.3 Å². The molecule has 1 saturated heterocycles. The van der Waals surface area contributed by atoms with Gasteiger partial charge < -0.3 is 9.42 Å². The van der Waals surface area contributed by atoms with E-state index in [1.807, 2.05) is 4.90 Å². The van der Waals surface area contributed by atoms with Crippen LogP contribution < -0.4 is 0 Å². The van der Waals surface area contributed by atoms with Crippen LogP contribution in [0.1, 0.15) is 58.9 Å². The first-order valence-electron chi connectivity index (χ1n) is 8.07. The van der Waals surface area contributed by atoms with Gasteiger partial charge in [0.25, 0.3) is 5.91 Å². The van der Waals surface area contributed by atoms with Crippen molar-refractivity contribution >= 4 is 17.2 Å². The molecule has 0 aliphatic carbocycles. The standard InChI is InChI=1S/C16H22N4O2S/c1-10(2)7-14-17-18-15(23-14)12-5-4-6-20(9-12)16(21)13-8-11(3)22-19-13/h8,10,12H,4-7,9H2,1-3H3. The van der Waals surface area contributed by atoms with E-state index in [1.165, 1.54) is 0 Å². The van der Waals surface area contributed by atoms with Crippen LogP contribution in [0.5, 0.6) is 0 Å². The van der Waals surface area contributed by atoms with Crippen LogP contribution in [0, 0.1) is 12.8 Å². The van der Waals surface area contributed by atoms with Crippen LogP contribution in [0.4, 0.5) is 0 Å². The summed E-state index contributed by atoms with van der Waals surface area (Å²) in [6.45, 7) is 7.60. The number of hydrogen-bond acceptors (Lipinski definition) is 6. The van der Waals surface area contributed by atoms with Gasteiger partial charge in [-0.15, -0.1) is 21.5 Å². The summed E-state index contributed by atoms with van der Waals surface area (Å²) >= 11 is 1.69. The van der Waals surface area contributed by atoms with E-state index in [4.69, 9.17) is 4.52 Å². The SMILES string of the molecule is Cc1cc(C(=O)N2CCCC(c3nnc(CC(C)C)s3)C2)no1. The molecule has 0 bridgehead atoms. The lowest BCUT2D eigenvalue weighted by Gasteiger charge is -2.30. The normalized spacial score (nSPS) is 18.6. The fraction of sp³-hybridized carbons (Fsp3) is 0.625. The average Bonchev–Trinajstić information content (AvgIpc) is 3.15. The summed E-state index contributed by atoms with van der Waals surface area (Å²) in [5, 5.41) is 14.6. The van der Waals surface area contributed by atoms with E-state index in [2.05, 4.69) is 29.2 Å². The van der Waals surface area contributed by atoms with E-state index in [0.29, 0.717) is 23.9 Å². The summed E-state index contributed by atoms with van der Waals surface area (Å²) < 4.78 is 5.01. The van der Waals surface area contributed by atoms with Crippen molar-refractivity contribution in [1.29, 1.82) is 0 Å². The lowest BCUT2D eigenvalue weighted by molar-refractivity contribution is 0.0696. The van der Waals surface area contributed by atoms with Crippen LogP contribution in [0.15, 0.2) is 10.6 Å². The van der Waals surface area contributed by atoms with Gasteiger partial charge >= 0.3 is 0 Å². The van der Waals surface area contributed by atoms with Gasteiger partial charge in [-0.25, -0.2) is 0 Å². The van der Waals surface area contributed by atoms with E-state index in [0.717, 1.165) is 35.8 Å². The molecule has 0 saturated carbocycles. The average molecular weight is 334 g/mol. The van der Waals surface area contributed by atoms with Crippen LogP contribution in [-0.2, 0) is 6.42 Å². The molecule has 1 fully saturated rings. The molecule has 3 rings (SSSR count). The molecular weight excluding hydrogens is 312 g/mol. The number of amides is 1. The van der Waals surface area contributed by atoms with Crippen molar-refractivity contribution in [3.63, 3.8) is 0 Å². The predicted octanol–water partition coefficient (Wildman–Crippen LogP) is 3.05. The molecule has 1 atom stereocenters. The Morgan fingerprint density at radius 3 is 3.00 bits per heavy atom. The molecule has 0 aromatic carbocycles.